The largest absolute Gasteiger partial charge is 0.490 e. The van der Waals surface area contributed by atoms with Crippen LogP contribution in [-0.2, 0) is 26.3 Å². The number of halogens is 4. The number of benzene rings is 1. The third-order valence-electron chi connectivity index (χ3n) is 7.78. The minimum absolute atomic E-state index is 0.186. The minimum Gasteiger partial charge on any atom is -0.481 e. The zero-order chi connectivity index (χ0) is 28.7. The molecule has 2 saturated heterocycles. The Balaban J connectivity index is 0.000000411. The van der Waals surface area contributed by atoms with E-state index in [4.69, 9.17) is 24.7 Å². The van der Waals surface area contributed by atoms with Gasteiger partial charge in [-0.25, -0.2) is 19.2 Å². The van der Waals surface area contributed by atoms with Crippen LogP contribution in [0.2, 0.25) is 0 Å². The van der Waals surface area contributed by atoms with Gasteiger partial charge >= 0.3 is 18.1 Å². The summed E-state index contributed by atoms with van der Waals surface area (Å²) in [5, 5.41) is 16.8. The van der Waals surface area contributed by atoms with Crippen LogP contribution in [0.1, 0.15) is 36.9 Å². The van der Waals surface area contributed by atoms with Crippen molar-refractivity contribution in [3.8, 4) is 10.6 Å². The molecule has 0 bridgehead atoms. The summed E-state index contributed by atoms with van der Waals surface area (Å²) in [4.78, 5) is 32.4. The normalized spacial score (nSPS) is 19.5. The van der Waals surface area contributed by atoms with Gasteiger partial charge in [-0.05, 0) is 61.4 Å². The van der Waals surface area contributed by atoms with E-state index in [1.54, 1.807) is 12.1 Å². The number of pyridine rings is 1. The van der Waals surface area contributed by atoms with E-state index < -0.39 is 18.1 Å². The summed E-state index contributed by atoms with van der Waals surface area (Å²) in [6.07, 6.45) is -0.524. The lowest BCUT2D eigenvalue weighted by atomic mass is 9.80. The summed E-state index contributed by atoms with van der Waals surface area (Å²) in [7, 11) is 0. The molecule has 2 aromatic heterocycles. The summed E-state index contributed by atoms with van der Waals surface area (Å²) in [5.41, 5.74) is 3.48. The number of carbonyl (C=O) groups is 2. The summed E-state index contributed by atoms with van der Waals surface area (Å²) in [5.74, 6) is -3.50. The number of fused-ring (bicyclic) bond motifs is 1. The molecule has 40 heavy (non-hydrogen) atoms. The van der Waals surface area contributed by atoms with E-state index in [0.717, 1.165) is 47.7 Å². The summed E-state index contributed by atoms with van der Waals surface area (Å²) >= 11 is 1.45. The minimum atomic E-state index is -5.08. The van der Waals surface area contributed by atoms with Crippen LogP contribution < -0.4 is 0 Å². The predicted molar refractivity (Wildman–Crippen MR) is 137 cm³/mol. The van der Waals surface area contributed by atoms with Gasteiger partial charge in [0.15, 0.2) is 0 Å². The molecule has 0 unspecified atom stereocenters. The SMILES string of the molecule is O=C(O)C(F)(F)F.O=C(O)C1CN(Cc2ccc(-c3nc4ccc(C5(C6CCOCC6)CC5)nc4s3)c(F)c2)C1. The molecule has 1 aliphatic carbocycles. The van der Waals surface area contributed by atoms with Gasteiger partial charge in [-0.3, -0.25) is 9.69 Å². The van der Waals surface area contributed by atoms with Crippen LogP contribution in [0, 0.1) is 17.7 Å². The van der Waals surface area contributed by atoms with E-state index >= 15 is 0 Å². The lowest BCUT2D eigenvalue weighted by Gasteiger charge is -2.36. The van der Waals surface area contributed by atoms with Crippen molar-refractivity contribution in [2.75, 3.05) is 26.3 Å². The van der Waals surface area contributed by atoms with Crippen molar-refractivity contribution >= 4 is 33.6 Å². The number of hydrogen-bond donors (Lipinski definition) is 2. The van der Waals surface area contributed by atoms with E-state index in [2.05, 4.69) is 11.1 Å². The highest BCUT2D eigenvalue weighted by Gasteiger charge is 2.51. The van der Waals surface area contributed by atoms with Crippen LogP contribution in [0.5, 0.6) is 0 Å². The Kier molecular flexibility index (Phi) is 7.81. The van der Waals surface area contributed by atoms with Crippen molar-refractivity contribution < 1.29 is 42.1 Å². The molecule has 0 atom stereocenters. The molecule has 1 saturated carbocycles. The van der Waals surface area contributed by atoms with E-state index in [0.29, 0.717) is 36.1 Å². The first-order valence-electron chi connectivity index (χ1n) is 12.9. The van der Waals surface area contributed by atoms with E-state index in [-0.39, 0.29) is 17.2 Å². The fraction of sp³-hybridized carbons (Fsp3) is 0.481. The maximum atomic E-state index is 15.0. The number of thiazole rings is 1. The topological polar surface area (TPSA) is 113 Å². The zero-order valence-corrected chi connectivity index (χ0v) is 22.1. The molecule has 0 amide bonds. The highest BCUT2D eigenvalue weighted by Crippen LogP contribution is 2.56. The van der Waals surface area contributed by atoms with E-state index in [1.807, 2.05) is 17.0 Å². The van der Waals surface area contributed by atoms with Gasteiger partial charge in [0.05, 0.1) is 5.92 Å². The second-order valence-corrected chi connectivity index (χ2v) is 11.4. The average Bonchev–Trinajstić information content (AvgIpc) is 3.59. The van der Waals surface area contributed by atoms with Gasteiger partial charge in [-0.2, -0.15) is 13.2 Å². The molecule has 214 valence electrons. The molecular formula is C27H27F4N3O5S. The van der Waals surface area contributed by atoms with Crippen molar-refractivity contribution in [1.82, 2.24) is 14.9 Å². The molecule has 1 aromatic carbocycles. The highest BCUT2D eigenvalue weighted by atomic mass is 32.1. The molecule has 8 nitrogen and oxygen atoms in total. The first-order valence-corrected chi connectivity index (χ1v) is 13.7. The van der Waals surface area contributed by atoms with E-state index in [9.17, 15) is 22.4 Å². The number of hydrogen-bond acceptors (Lipinski definition) is 7. The summed E-state index contributed by atoms with van der Waals surface area (Å²) in [6, 6.07) is 9.37. The molecule has 6 rings (SSSR count). The van der Waals surface area contributed by atoms with Crippen molar-refractivity contribution in [3.05, 3.63) is 47.4 Å². The maximum Gasteiger partial charge on any atom is 0.490 e. The molecule has 0 spiro atoms. The molecule has 0 radical (unpaired) electrons. The maximum absolute atomic E-state index is 15.0. The Morgan fingerprint density at radius 3 is 2.33 bits per heavy atom. The Hall–Kier alpha value is -3.16. The Labute approximate surface area is 230 Å². The quantitative estimate of drug-likeness (QED) is 0.387. The zero-order valence-electron chi connectivity index (χ0n) is 21.3. The lowest BCUT2D eigenvalue weighted by molar-refractivity contribution is -0.192. The number of aromatic nitrogens is 2. The fourth-order valence-electron chi connectivity index (χ4n) is 5.41. The number of likely N-dealkylation sites (tertiary alicyclic amines) is 1. The summed E-state index contributed by atoms with van der Waals surface area (Å²) in [6.45, 7) is 3.26. The first-order chi connectivity index (χ1) is 19.0. The number of rotatable bonds is 6. The smallest absolute Gasteiger partial charge is 0.481 e. The Morgan fingerprint density at radius 1 is 1.07 bits per heavy atom. The molecule has 3 aromatic rings. The van der Waals surface area contributed by atoms with Crippen LogP contribution in [0.4, 0.5) is 17.6 Å². The first kappa shape index (κ1) is 28.4. The van der Waals surface area contributed by atoms with Crippen molar-refractivity contribution in [1.29, 1.82) is 0 Å². The number of nitrogens with zero attached hydrogens (tertiary/aromatic N) is 3. The third-order valence-corrected chi connectivity index (χ3v) is 8.77. The van der Waals surface area contributed by atoms with Gasteiger partial charge in [0.1, 0.15) is 21.2 Å². The molecule has 3 aliphatic rings. The fourth-order valence-corrected chi connectivity index (χ4v) is 6.38. The van der Waals surface area contributed by atoms with Crippen LogP contribution in [0.25, 0.3) is 20.9 Å². The number of aliphatic carboxylic acids is 2. The van der Waals surface area contributed by atoms with Gasteiger partial charge in [-0.1, -0.05) is 17.4 Å². The molecule has 2 aliphatic heterocycles. The molecule has 4 heterocycles. The molecule has 13 heteroatoms. The van der Waals surface area contributed by atoms with Gasteiger partial charge in [0.2, 0.25) is 0 Å². The number of alkyl halides is 3. The number of carboxylic acid groups (broad SMARTS) is 2. The Bertz CT molecular complexity index is 1410. The second kappa shape index (κ2) is 11.0. The predicted octanol–water partition coefficient (Wildman–Crippen LogP) is 5.11. The monoisotopic (exact) mass is 581 g/mol. The van der Waals surface area contributed by atoms with Crippen LogP contribution in [0.15, 0.2) is 30.3 Å². The standard InChI is InChI=1S/C25H26FN3O3S.C2HF3O2/c26-19-11-15(12-29-13-16(14-29)24(30)31)1-2-18(19)22-27-20-3-4-21(28-23(20)33-22)25(7-8-25)17-5-9-32-10-6-17;3-2(4,5)1(6)7/h1-4,11,16-17H,5-10,12-14H2,(H,30,31);(H,6,7). The van der Waals surface area contributed by atoms with Gasteiger partial charge in [0.25, 0.3) is 0 Å². The molecule has 2 N–H and O–H groups in total. The van der Waals surface area contributed by atoms with Crippen molar-refractivity contribution in [2.45, 2.75) is 43.8 Å². The lowest BCUT2D eigenvalue weighted by Crippen LogP contribution is -2.49. The van der Waals surface area contributed by atoms with E-state index in [1.165, 1.54) is 24.2 Å². The van der Waals surface area contributed by atoms with Crippen molar-refractivity contribution in [3.63, 3.8) is 0 Å². The van der Waals surface area contributed by atoms with Gasteiger partial charge in [-0.15, -0.1) is 0 Å². The molecule has 3 fully saturated rings. The average molecular weight is 582 g/mol. The van der Waals surface area contributed by atoms with Crippen LogP contribution in [-0.4, -0.2) is 69.5 Å². The number of carboxylic acids is 2. The van der Waals surface area contributed by atoms with Crippen LogP contribution in [0.3, 0.4) is 0 Å². The van der Waals surface area contributed by atoms with Crippen molar-refractivity contribution in [2.24, 2.45) is 11.8 Å². The van der Waals surface area contributed by atoms with Gasteiger partial charge in [0, 0.05) is 49.5 Å². The number of ether oxygens (including phenoxy) is 1. The Morgan fingerprint density at radius 2 is 1.75 bits per heavy atom. The highest BCUT2D eigenvalue weighted by molar-refractivity contribution is 7.21. The molecular weight excluding hydrogens is 554 g/mol. The summed E-state index contributed by atoms with van der Waals surface area (Å²) < 4.78 is 52.3. The van der Waals surface area contributed by atoms with Gasteiger partial charge < -0.3 is 14.9 Å². The second-order valence-electron chi connectivity index (χ2n) is 10.4. The van der Waals surface area contributed by atoms with Crippen LogP contribution >= 0.6 is 11.3 Å². The third kappa shape index (κ3) is 5.96.